The molecular weight excluding hydrogens is 366 g/mol. The van der Waals surface area contributed by atoms with Crippen molar-refractivity contribution in [1.29, 1.82) is 0 Å². The van der Waals surface area contributed by atoms with Crippen molar-refractivity contribution in [3.05, 3.63) is 103 Å². The van der Waals surface area contributed by atoms with Crippen molar-refractivity contribution in [3.8, 4) is 22.5 Å². The minimum Gasteiger partial charge on any atom is -0.274 e. The van der Waals surface area contributed by atoms with Gasteiger partial charge >= 0.3 is 0 Å². The van der Waals surface area contributed by atoms with Crippen LogP contribution in [0.3, 0.4) is 0 Å². The summed E-state index contributed by atoms with van der Waals surface area (Å²) in [6.07, 6.45) is 0. The molecule has 2 aromatic heterocycles. The summed E-state index contributed by atoms with van der Waals surface area (Å²) in [7, 11) is 0. The normalized spacial score (nSPS) is 11.5. The third-order valence-corrected chi connectivity index (χ3v) is 5.76. The lowest BCUT2D eigenvalue weighted by Crippen LogP contribution is -1.94. The molecule has 0 saturated heterocycles. The predicted octanol–water partition coefficient (Wildman–Crippen LogP) is 6.68. The van der Waals surface area contributed by atoms with Gasteiger partial charge in [0.1, 0.15) is 0 Å². The van der Waals surface area contributed by atoms with Gasteiger partial charge in [0.15, 0.2) is 11.5 Å². The molecule has 0 amide bonds. The molecule has 30 heavy (non-hydrogen) atoms. The van der Waals surface area contributed by atoms with Crippen molar-refractivity contribution in [1.82, 2.24) is 14.6 Å². The largest absolute Gasteiger partial charge is 0.274 e. The van der Waals surface area contributed by atoms with Crippen molar-refractivity contribution >= 4 is 27.3 Å². The van der Waals surface area contributed by atoms with E-state index in [9.17, 15) is 0 Å². The molecule has 6 rings (SSSR count). The van der Waals surface area contributed by atoms with Crippen LogP contribution in [0.15, 0.2) is 97.1 Å². The molecule has 0 saturated carbocycles. The Morgan fingerprint density at radius 3 is 2.07 bits per heavy atom. The summed E-state index contributed by atoms with van der Waals surface area (Å²) in [6.45, 7) is 2.12. The number of nitrogens with zero attached hydrogens (tertiary/aromatic N) is 3. The van der Waals surface area contributed by atoms with E-state index in [4.69, 9.17) is 0 Å². The highest BCUT2D eigenvalue weighted by Crippen LogP contribution is 2.32. The Morgan fingerprint density at radius 1 is 0.567 bits per heavy atom. The van der Waals surface area contributed by atoms with E-state index >= 15 is 0 Å². The van der Waals surface area contributed by atoms with E-state index in [2.05, 4.69) is 119 Å². The second kappa shape index (κ2) is 6.53. The van der Waals surface area contributed by atoms with Gasteiger partial charge in [-0.15, -0.1) is 10.2 Å². The highest BCUT2D eigenvalue weighted by atomic mass is 15.2. The maximum Gasteiger partial charge on any atom is 0.169 e. The van der Waals surface area contributed by atoms with Crippen LogP contribution < -0.4 is 0 Å². The first-order chi connectivity index (χ1) is 14.8. The van der Waals surface area contributed by atoms with E-state index in [0.29, 0.717) is 0 Å². The first kappa shape index (κ1) is 16.9. The Hall–Kier alpha value is -3.98. The number of rotatable bonds is 2. The van der Waals surface area contributed by atoms with Crippen molar-refractivity contribution in [2.24, 2.45) is 0 Å². The van der Waals surface area contributed by atoms with Crippen LogP contribution >= 0.6 is 0 Å². The summed E-state index contributed by atoms with van der Waals surface area (Å²) >= 11 is 0. The van der Waals surface area contributed by atoms with E-state index in [1.165, 1.54) is 27.5 Å². The number of para-hydroxylation sites is 1. The maximum absolute atomic E-state index is 4.60. The van der Waals surface area contributed by atoms with Gasteiger partial charge in [-0.25, -0.2) is 0 Å². The quantitative estimate of drug-likeness (QED) is 0.311. The first-order valence-electron chi connectivity index (χ1n) is 10.1. The van der Waals surface area contributed by atoms with Gasteiger partial charge < -0.3 is 0 Å². The number of hydrogen-bond acceptors (Lipinski definition) is 2. The van der Waals surface area contributed by atoms with Gasteiger partial charge in [-0.05, 0) is 29.5 Å². The van der Waals surface area contributed by atoms with Crippen LogP contribution in [-0.2, 0) is 0 Å². The number of aromatic nitrogens is 3. The molecular formula is C27H19N3. The number of hydrogen-bond donors (Lipinski definition) is 0. The molecule has 2 heterocycles. The van der Waals surface area contributed by atoms with Crippen LogP contribution in [0.2, 0.25) is 0 Å². The topological polar surface area (TPSA) is 30.2 Å². The molecule has 0 fully saturated rings. The number of fused-ring (bicyclic) bond motifs is 6. The Kier molecular flexibility index (Phi) is 3.68. The van der Waals surface area contributed by atoms with Crippen LogP contribution in [-0.4, -0.2) is 14.6 Å². The summed E-state index contributed by atoms with van der Waals surface area (Å²) < 4.78 is 2.18. The molecule has 0 bridgehead atoms. The third kappa shape index (κ3) is 2.52. The Balaban J connectivity index is 1.59. The molecule has 0 unspecified atom stereocenters. The predicted molar refractivity (Wildman–Crippen MR) is 124 cm³/mol. The SMILES string of the molecule is Cc1cccc(-c2ccc(-c3nnc4c5ccccc5c5ccccc5n34)cc2)c1. The third-order valence-electron chi connectivity index (χ3n) is 5.76. The Morgan fingerprint density at radius 2 is 1.27 bits per heavy atom. The lowest BCUT2D eigenvalue weighted by atomic mass is 10.0. The van der Waals surface area contributed by atoms with Crippen molar-refractivity contribution in [3.63, 3.8) is 0 Å². The molecule has 0 aliphatic rings. The lowest BCUT2D eigenvalue weighted by molar-refractivity contribution is 1.12. The summed E-state index contributed by atoms with van der Waals surface area (Å²) in [5, 5.41) is 12.7. The number of aryl methyl sites for hydroxylation is 1. The fourth-order valence-corrected chi connectivity index (χ4v) is 4.32. The van der Waals surface area contributed by atoms with E-state index in [0.717, 1.165) is 27.9 Å². The molecule has 4 aromatic carbocycles. The van der Waals surface area contributed by atoms with Crippen LogP contribution in [0.1, 0.15) is 5.56 Å². The van der Waals surface area contributed by atoms with E-state index < -0.39 is 0 Å². The standard InChI is InChI=1S/C27H19N3/c1-18-7-6-8-21(17-18)19-13-15-20(16-14-19)26-28-29-27-24-11-3-2-9-22(24)23-10-4-5-12-25(23)30(26)27/h2-17H,1H3. The average Bonchev–Trinajstić information content (AvgIpc) is 3.25. The molecule has 0 aliphatic heterocycles. The molecule has 142 valence electrons. The zero-order valence-corrected chi connectivity index (χ0v) is 16.6. The van der Waals surface area contributed by atoms with Gasteiger partial charge in [0, 0.05) is 16.3 Å². The Bertz CT molecular complexity index is 1540. The molecule has 6 aromatic rings. The lowest BCUT2D eigenvalue weighted by Gasteiger charge is -2.10. The van der Waals surface area contributed by atoms with E-state index in [1.807, 2.05) is 0 Å². The monoisotopic (exact) mass is 385 g/mol. The van der Waals surface area contributed by atoms with Crippen LogP contribution in [0.4, 0.5) is 0 Å². The average molecular weight is 385 g/mol. The van der Waals surface area contributed by atoms with Gasteiger partial charge in [0.05, 0.1) is 5.52 Å². The molecule has 0 atom stereocenters. The van der Waals surface area contributed by atoms with Crippen molar-refractivity contribution in [2.45, 2.75) is 6.92 Å². The van der Waals surface area contributed by atoms with Gasteiger partial charge in [0.2, 0.25) is 0 Å². The molecule has 0 radical (unpaired) electrons. The molecule has 0 spiro atoms. The zero-order chi connectivity index (χ0) is 20.1. The van der Waals surface area contributed by atoms with Crippen LogP contribution in [0, 0.1) is 6.92 Å². The highest BCUT2D eigenvalue weighted by molar-refractivity contribution is 6.12. The molecule has 3 heteroatoms. The molecule has 0 aliphatic carbocycles. The fraction of sp³-hybridized carbons (Fsp3) is 0.0370. The van der Waals surface area contributed by atoms with E-state index in [1.54, 1.807) is 0 Å². The maximum atomic E-state index is 4.60. The summed E-state index contributed by atoms with van der Waals surface area (Å²) in [6, 6.07) is 34.0. The van der Waals surface area contributed by atoms with Gasteiger partial charge in [0.25, 0.3) is 0 Å². The van der Waals surface area contributed by atoms with Gasteiger partial charge in [-0.2, -0.15) is 0 Å². The van der Waals surface area contributed by atoms with Crippen LogP contribution in [0.5, 0.6) is 0 Å². The van der Waals surface area contributed by atoms with Gasteiger partial charge in [-0.1, -0.05) is 96.6 Å². The minimum absolute atomic E-state index is 0.864. The number of pyridine rings is 1. The highest BCUT2D eigenvalue weighted by Gasteiger charge is 2.15. The molecule has 0 N–H and O–H groups in total. The second-order valence-electron chi connectivity index (χ2n) is 7.69. The Labute approximate surface area is 174 Å². The smallest absolute Gasteiger partial charge is 0.169 e. The molecule has 3 nitrogen and oxygen atoms in total. The van der Waals surface area contributed by atoms with Crippen LogP contribution in [0.25, 0.3) is 49.8 Å². The van der Waals surface area contributed by atoms with E-state index in [-0.39, 0.29) is 0 Å². The zero-order valence-electron chi connectivity index (χ0n) is 16.6. The first-order valence-corrected chi connectivity index (χ1v) is 10.1. The minimum atomic E-state index is 0.864. The van der Waals surface area contributed by atoms with Crippen molar-refractivity contribution < 1.29 is 0 Å². The van der Waals surface area contributed by atoms with Crippen molar-refractivity contribution in [2.75, 3.05) is 0 Å². The van der Waals surface area contributed by atoms with Gasteiger partial charge in [-0.3, -0.25) is 4.40 Å². The second-order valence-corrected chi connectivity index (χ2v) is 7.69. The summed E-state index contributed by atoms with van der Waals surface area (Å²) in [5.74, 6) is 0.864. The fourth-order valence-electron chi connectivity index (χ4n) is 4.32. The summed E-state index contributed by atoms with van der Waals surface area (Å²) in [5.41, 5.74) is 6.75. The summed E-state index contributed by atoms with van der Waals surface area (Å²) in [4.78, 5) is 0. The number of benzene rings is 4.